The quantitative estimate of drug-likeness (QED) is 0.744. The van der Waals surface area contributed by atoms with Gasteiger partial charge in [0.15, 0.2) is 0 Å². The van der Waals surface area contributed by atoms with Crippen LogP contribution in [0.3, 0.4) is 0 Å². The number of fused-ring (bicyclic) bond motifs is 1. The number of aromatic hydroxyl groups is 1. The highest BCUT2D eigenvalue weighted by Crippen LogP contribution is 2.43. The van der Waals surface area contributed by atoms with Gasteiger partial charge in [-0.3, -0.25) is 0 Å². The molecule has 2 aromatic carbocycles. The lowest BCUT2D eigenvalue weighted by Crippen LogP contribution is -2.32. The van der Waals surface area contributed by atoms with Crippen LogP contribution >= 0.6 is 0 Å². The summed E-state index contributed by atoms with van der Waals surface area (Å²) in [5, 5.41) is 29.5. The number of aliphatic hydroxyl groups is 1. The number of benzene rings is 2. The molecule has 0 bridgehead atoms. The van der Waals surface area contributed by atoms with E-state index in [0.717, 1.165) is 16.7 Å². The Morgan fingerprint density at radius 2 is 1.75 bits per heavy atom. The molecule has 1 aliphatic rings. The van der Waals surface area contributed by atoms with Crippen molar-refractivity contribution in [1.29, 1.82) is 5.41 Å². The Hall–Kier alpha value is -2.13. The van der Waals surface area contributed by atoms with Crippen molar-refractivity contribution in [2.75, 3.05) is 0 Å². The lowest BCUT2D eigenvalue weighted by atomic mass is 9.89. The highest BCUT2D eigenvalue weighted by molar-refractivity contribution is 6.11. The average Bonchev–Trinajstić information content (AvgIpc) is 2.72. The first-order valence-electron chi connectivity index (χ1n) is 6.64. The summed E-state index contributed by atoms with van der Waals surface area (Å²) in [6.45, 7) is 3.77. The minimum absolute atomic E-state index is 0.0861. The van der Waals surface area contributed by atoms with Crippen LogP contribution in [0.2, 0.25) is 0 Å². The summed E-state index contributed by atoms with van der Waals surface area (Å²) < 4.78 is 0. The third-order valence-corrected chi connectivity index (χ3v) is 4.17. The van der Waals surface area contributed by atoms with Gasteiger partial charge >= 0.3 is 0 Å². The molecule has 0 spiro atoms. The van der Waals surface area contributed by atoms with Gasteiger partial charge in [-0.25, -0.2) is 0 Å². The minimum Gasteiger partial charge on any atom is -0.507 e. The first-order chi connectivity index (χ1) is 9.45. The minimum atomic E-state index is -1.35. The predicted octanol–water partition coefficient (Wildman–Crippen LogP) is 2.82. The largest absolute Gasteiger partial charge is 0.507 e. The molecule has 0 saturated heterocycles. The van der Waals surface area contributed by atoms with E-state index in [0.29, 0.717) is 17.5 Å². The molecule has 1 atom stereocenters. The fraction of sp³-hybridized carbons (Fsp3) is 0.235. The van der Waals surface area contributed by atoms with E-state index in [4.69, 9.17) is 5.41 Å². The van der Waals surface area contributed by atoms with Crippen LogP contribution in [0.25, 0.3) is 0 Å². The average molecular weight is 267 g/mol. The third-order valence-electron chi connectivity index (χ3n) is 4.17. The van der Waals surface area contributed by atoms with E-state index in [2.05, 4.69) is 0 Å². The number of nitrogens with one attached hydrogen (secondary N) is 1. The molecule has 2 aromatic rings. The lowest BCUT2D eigenvalue weighted by Gasteiger charge is -2.23. The second-order valence-electron chi connectivity index (χ2n) is 5.49. The van der Waals surface area contributed by atoms with Crippen LogP contribution in [-0.4, -0.2) is 15.9 Å². The van der Waals surface area contributed by atoms with Crippen LogP contribution in [0.1, 0.15) is 27.8 Å². The zero-order chi connectivity index (χ0) is 14.5. The van der Waals surface area contributed by atoms with Crippen molar-refractivity contribution in [2.45, 2.75) is 25.9 Å². The van der Waals surface area contributed by atoms with Gasteiger partial charge in [-0.2, -0.15) is 0 Å². The summed E-state index contributed by atoms with van der Waals surface area (Å²) in [6, 6.07) is 11.1. The summed E-state index contributed by atoms with van der Waals surface area (Å²) in [5.41, 5.74) is 2.54. The number of phenols is 1. The zero-order valence-corrected chi connectivity index (χ0v) is 11.6. The maximum Gasteiger partial charge on any atom is 0.135 e. The molecule has 3 N–H and O–H groups in total. The smallest absolute Gasteiger partial charge is 0.135 e. The summed E-state index contributed by atoms with van der Waals surface area (Å²) in [7, 11) is 0. The second kappa shape index (κ2) is 4.18. The fourth-order valence-electron chi connectivity index (χ4n) is 3.03. The Morgan fingerprint density at radius 3 is 2.40 bits per heavy atom. The number of hydrogen-bond acceptors (Lipinski definition) is 3. The van der Waals surface area contributed by atoms with Crippen molar-refractivity contribution in [3.63, 3.8) is 0 Å². The molecule has 1 aliphatic carbocycles. The molecule has 102 valence electrons. The van der Waals surface area contributed by atoms with Crippen LogP contribution < -0.4 is 0 Å². The molecule has 3 nitrogen and oxygen atoms in total. The standard InChI is InChI=1S/C17H17NO2/c1-10-8-11(2)15(19)14-13(10)9-17(20,16(14)18)12-6-4-3-5-7-12/h3-8,18-20H,9H2,1-2H3. The van der Waals surface area contributed by atoms with Gasteiger partial charge in [0.1, 0.15) is 11.4 Å². The first-order valence-corrected chi connectivity index (χ1v) is 6.64. The Kier molecular flexibility index (Phi) is 2.69. The van der Waals surface area contributed by atoms with E-state index in [1.807, 2.05) is 50.2 Å². The highest BCUT2D eigenvalue weighted by Gasteiger charge is 2.44. The number of rotatable bonds is 1. The molecule has 3 heteroatoms. The van der Waals surface area contributed by atoms with Gasteiger partial charge in [-0.05, 0) is 36.1 Å². The summed E-state index contributed by atoms with van der Waals surface area (Å²) in [5.74, 6) is 0.113. The van der Waals surface area contributed by atoms with E-state index in [9.17, 15) is 10.2 Å². The molecular weight excluding hydrogens is 250 g/mol. The maximum atomic E-state index is 11.0. The molecule has 0 radical (unpaired) electrons. The Balaban J connectivity index is 2.21. The van der Waals surface area contributed by atoms with Crippen LogP contribution in [0, 0.1) is 19.3 Å². The summed E-state index contributed by atoms with van der Waals surface area (Å²) in [4.78, 5) is 0. The van der Waals surface area contributed by atoms with Crippen molar-refractivity contribution >= 4 is 5.71 Å². The van der Waals surface area contributed by atoms with E-state index >= 15 is 0 Å². The zero-order valence-electron chi connectivity index (χ0n) is 11.6. The van der Waals surface area contributed by atoms with Crippen LogP contribution in [0.4, 0.5) is 0 Å². The second-order valence-corrected chi connectivity index (χ2v) is 5.49. The summed E-state index contributed by atoms with van der Waals surface area (Å²) >= 11 is 0. The van der Waals surface area contributed by atoms with E-state index in [-0.39, 0.29) is 11.5 Å². The molecule has 20 heavy (non-hydrogen) atoms. The molecule has 0 amide bonds. The van der Waals surface area contributed by atoms with Crippen molar-refractivity contribution in [3.05, 3.63) is 64.2 Å². The number of aryl methyl sites for hydroxylation is 2. The van der Waals surface area contributed by atoms with Crippen molar-refractivity contribution in [1.82, 2.24) is 0 Å². The molecule has 0 aromatic heterocycles. The molecule has 0 heterocycles. The van der Waals surface area contributed by atoms with E-state index in [1.165, 1.54) is 0 Å². The SMILES string of the molecule is Cc1cc(C)c2c(c1O)C(=N)C(O)(c1ccccc1)C2. The third kappa shape index (κ3) is 1.60. The lowest BCUT2D eigenvalue weighted by molar-refractivity contribution is 0.117. The number of phenolic OH excluding ortho intramolecular Hbond substituents is 1. The maximum absolute atomic E-state index is 11.0. The molecular formula is C17H17NO2. The molecule has 0 saturated carbocycles. The van der Waals surface area contributed by atoms with Crippen molar-refractivity contribution in [2.24, 2.45) is 0 Å². The van der Waals surface area contributed by atoms with Crippen molar-refractivity contribution < 1.29 is 10.2 Å². The van der Waals surface area contributed by atoms with Gasteiger partial charge in [-0.15, -0.1) is 0 Å². The highest BCUT2D eigenvalue weighted by atomic mass is 16.3. The van der Waals surface area contributed by atoms with Gasteiger partial charge in [0.2, 0.25) is 0 Å². The predicted molar refractivity (Wildman–Crippen MR) is 78.5 cm³/mol. The van der Waals surface area contributed by atoms with Crippen LogP contribution in [-0.2, 0) is 12.0 Å². The van der Waals surface area contributed by atoms with Gasteiger partial charge in [0, 0.05) is 12.0 Å². The van der Waals surface area contributed by atoms with Gasteiger partial charge in [-0.1, -0.05) is 36.4 Å². The monoisotopic (exact) mass is 267 g/mol. The first kappa shape index (κ1) is 12.9. The van der Waals surface area contributed by atoms with Crippen LogP contribution in [0.5, 0.6) is 5.75 Å². The normalized spacial score (nSPS) is 21.1. The van der Waals surface area contributed by atoms with Gasteiger partial charge in [0.25, 0.3) is 0 Å². The van der Waals surface area contributed by atoms with E-state index in [1.54, 1.807) is 0 Å². The Labute approximate surface area is 118 Å². The number of hydrogen-bond donors (Lipinski definition) is 3. The summed E-state index contributed by atoms with van der Waals surface area (Å²) in [6.07, 6.45) is 0.338. The molecule has 1 unspecified atom stereocenters. The van der Waals surface area contributed by atoms with E-state index < -0.39 is 5.60 Å². The van der Waals surface area contributed by atoms with Gasteiger partial charge < -0.3 is 15.6 Å². The topological polar surface area (TPSA) is 64.3 Å². The molecule has 0 fully saturated rings. The molecule has 0 aliphatic heterocycles. The molecule has 3 rings (SSSR count). The fourth-order valence-corrected chi connectivity index (χ4v) is 3.03. The Morgan fingerprint density at radius 1 is 1.10 bits per heavy atom. The van der Waals surface area contributed by atoms with Gasteiger partial charge in [0.05, 0.1) is 5.71 Å². The Bertz CT molecular complexity index is 707. The van der Waals surface area contributed by atoms with Crippen LogP contribution in [0.15, 0.2) is 36.4 Å². The van der Waals surface area contributed by atoms with Crippen molar-refractivity contribution in [3.8, 4) is 5.75 Å².